The average Bonchev–Trinajstić information content (AvgIpc) is 2.71. The summed E-state index contributed by atoms with van der Waals surface area (Å²) in [6, 6.07) is 0. The Labute approximate surface area is 91.2 Å². The summed E-state index contributed by atoms with van der Waals surface area (Å²) in [5.74, 6) is -3.64. The van der Waals surface area contributed by atoms with Gasteiger partial charge in [0.2, 0.25) is 0 Å². The van der Waals surface area contributed by atoms with E-state index in [1.54, 1.807) is 0 Å². The van der Waals surface area contributed by atoms with Gasteiger partial charge in [-0.3, -0.25) is 9.59 Å². The molecule has 4 nitrogen and oxygen atoms in total. The fourth-order valence-electron chi connectivity index (χ4n) is 1.79. The van der Waals surface area contributed by atoms with Crippen molar-refractivity contribution in [2.45, 2.75) is 12.8 Å². The zero-order valence-electron chi connectivity index (χ0n) is 8.91. The third-order valence-corrected chi connectivity index (χ3v) is 2.58. The van der Waals surface area contributed by atoms with Crippen LogP contribution >= 0.6 is 0 Å². The van der Waals surface area contributed by atoms with Gasteiger partial charge in [0.15, 0.2) is 0 Å². The first-order valence-electron chi connectivity index (χ1n) is 4.66. The maximum absolute atomic E-state index is 12.6. The van der Waals surface area contributed by atoms with Crippen LogP contribution in [0, 0.1) is 11.8 Å². The number of halogens is 2. The molecular weight excluding hydrogens is 222 g/mol. The number of esters is 2. The first kappa shape index (κ1) is 12.6. The molecule has 0 unspecified atom stereocenters. The Hall–Kier alpha value is -1.46. The summed E-state index contributed by atoms with van der Waals surface area (Å²) in [6.07, 6.45) is -1.49. The Morgan fingerprint density at radius 1 is 1.31 bits per heavy atom. The monoisotopic (exact) mass is 234 g/mol. The van der Waals surface area contributed by atoms with E-state index in [9.17, 15) is 18.4 Å². The number of carbonyl (C=O) groups is 2. The van der Waals surface area contributed by atoms with Crippen LogP contribution in [0.2, 0.25) is 0 Å². The highest BCUT2D eigenvalue weighted by molar-refractivity contribution is 5.85. The molecule has 0 aromatic heterocycles. The Balaban J connectivity index is 2.93. The largest absolute Gasteiger partial charge is 0.469 e. The smallest absolute Gasteiger partial charge is 0.313 e. The molecule has 0 spiro atoms. The maximum Gasteiger partial charge on any atom is 0.313 e. The SMILES string of the molecule is COC(=O)[C@@H]1C(C(F)F)=CC[C@@H]1C(=O)OC. The summed E-state index contributed by atoms with van der Waals surface area (Å²) in [6.45, 7) is 0. The predicted octanol–water partition coefficient (Wildman–Crippen LogP) is 1.16. The standard InChI is InChI=1S/C10H12F2O4/c1-15-9(13)6-4-3-5(8(11)12)7(6)10(14)16-2/h3,6-8H,4H2,1-2H3/t6-,7+/m0/s1. The second-order valence-corrected chi connectivity index (χ2v) is 3.37. The highest BCUT2D eigenvalue weighted by Crippen LogP contribution is 2.36. The van der Waals surface area contributed by atoms with Gasteiger partial charge in [-0.1, -0.05) is 6.08 Å². The summed E-state index contributed by atoms with van der Waals surface area (Å²) >= 11 is 0. The van der Waals surface area contributed by atoms with E-state index in [4.69, 9.17) is 0 Å². The number of hydrogen-bond acceptors (Lipinski definition) is 4. The molecule has 2 atom stereocenters. The van der Waals surface area contributed by atoms with E-state index in [1.165, 1.54) is 6.08 Å². The van der Waals surface area contributed by atoms with Gasteiger partial charge in [-0.15, -0.1) is 0 Å². The van der Waals surface area contributed by atoms with E-state index in [0.29, 0.717) is 0 Å². The van der Waals surface area contributed by atoms with Crippen molar-refractivity contribution in [3.8, 4) is 0 Å². The van der Waals surface area contributed by atoms with Crippen molar-refractivity contribution in [2.75, 3.05) is 14.2 Å². The van der Waals surface area contributed by atoms with E-state index in [1.807, 2.05) is 0 Å². The van der Waals surface area contributed by atoms with Crippen molar-refractivity contribution in [3.63, 3.8) is 0 Å². The summed E-state index contributed by atoms with van der Waals surface area (Å²) in [5, 5.41) is 0. The molecule has 0 fully saturated rings. The first-order valence-corrected chi connectivity index (χ1v) is 4.66. The van der Waals surface area contributed by atoms with Crippen LogP contribution in [-0.2, 0) is 19.1 Å². The number of methoxy groups -OCH3 is 2. The van der Waals surface area contributed by atoms with Crippen LogP contribution in [0.4, 0.5) is 8.78 Å². The minimum absolute atomic E-state index is 0.0755. The quantitative estimate of drug-likeness (QED) is 0.543. The van der Waals surface area contributed by atoms with Gasteiger partial charge in [0.05, 0.1) is 26.1 Å². The first-order chi connectivity index (χ1) is 7.52. The second kappa shape index (κ2) is 5.05. The number of alkyl halides is 2. The third-order valence-electron chi connectivity index (χ3n) is 2.58. The Morgan fingerprint density at radius 2 is 1.88 bits per heavy atom. The number of hydrogen-bond donors (Lipinski definition) is 0. The van der Waals surface area contributed by atoms with Gasteiger partial charge in [-0.2, -0.15) is 0 Å². The van der Waals surface area contributed by atoms with Gasteiger partial charge in [0.1, 0.15) is 0 Å². The molecule has 0 bridgehead atoms. The maximum atomic E-state index is 12.6. The van der Waals surface area contributed by atoms with Crippen molar-refractivity contribution in [1.82, 2.24) is 0 Å². The molecule has 0 aromatic carbocycles. The van der Waals surface area contributed by atoms with Gasteiger partial charge in [-0.05, 0) is 6.42 Å². The van der Waals surface area contributed by atoms with E-state index >= 15 is 0 Å². The van der Waals surface area contributed by atoms with E-state index in [-0.39, 0.29) is 12.0 Å². The molecule has 1 aliphatic carbocycles. The minimum Gasteiger partial charge on any atom is -0.469 e. The van der Waals surface area contributed by atoms with Crippen molar-refractivity contribution >= 4 is 11.9 Å². The number of carbonyl (C=O) groups excluding carboxylic acids is 2. The second-order valence-electron chi connectivity index (χ2n) is 3.37. The van der Waals surface area contributed by atoms with Crippen molar-refractivity contribution in [1.29, 1.82) is 0 Å². The molecule has 1 aliphatic rings. The topological polar surface area (TPSA) is 52.6 Å². The molecule has 90 valence electrons. The molecule has 0 N–H and O–H groups in total. The zero-order valence-corrected chi connectivity index (χ0v) is 8.91. The van der Waals surface area contributed by atoms with E-state index < -0.39 is 30.2 Å². The normalized spacial score (nSPS) is 24.2. The summed E-state index contributed by atoms with van der Waals surface area (Å²) in [4.78, 5) is 22.7. The lowest BCUT2D eigenvalue weighted by molar-refractivity contribution is -0.155. The third kappa shape index (κ3) is 2.20. The average molecular weight is 234 g/mol. The van der Waals surface area contributed by atoms with Crippen LogP contribution in [0.3, 0.4) is 0 Å². The lowest BCUT2D eigenvalue weighted by Crippen LogP contribution is -2.31. The van der Waals surface area contributed by atoms with Crippen LogP contribution in [0.5, 0.6) is 0 Å². The van der Waals surface area contributed by atoms with Crippen molar-refractivity contribution < 1.29 is 27.8 Å². The predicted molar refractivity (Wildman–Crippen MR) is 49.7 cm³/mol. The molecule has 0 heterocycles. The Morgan fingerprint density at radius 3 is 2.31 bits per heavy atom. The molecular formula is C10H12F2O4. The van der Waals surface area contributed by atoms with Gasteiger partial charge in [-0.25, -0.2) is 8.78 Å². The Bertz CT molecular complexity index is 325. The fourth-order valence-corrected chi connectivity index (χ4v) is 1.79. The summed E-state index contributed by atoms with van der Waals surface area (Å²) < 4.78 is 34.1. The van der Waals surface area contributed by atoms with Gasteiger partial charge < -0.3 is 9.47 Å². The number of rotatable bonds is 3. The molecule has 0 radical (unpaired) electrons. The van der Waals surface area contributed by atoms with Gasteiger partial charge in [0, 0.05) is 5.57 Å². The molecule has 0 saturated heterocycles. The van der Waals surface area contributed by atoms with Crippen molar-refractivity contribution in [3.05, 3.63) is 11.6 Å². The van der Waals surface area contributed by atoms with Crippen LogP contribution in [0.15, 0.2) is 11.6 Å². The molecule has 6 heteroatoms. The van der Waals surface area contributed by atoms with Crippen LogP contribution < -0.4 is 0 Å². The highest BCUT2D eigenvalue weighted by atomic mass is 19.3. The molecule has 0 aliphatic heterocycles. The van der Waals surface area contributed by atoms with Gasteiger partial charge in [0.25, 0.3) is 6.43 Å². The Kier molecular flexibility index (Phi) is 3.98. The van der Waals surface area contributed by atoms with E-state index in [0.717, 1.165) is 14.2 Å². The van der Waals surface area contributed by atoms with Crippen LogP contribution in [0.1, 0.15) is 6.42 Å². The molecule has 0 amide bonds. The minimum atomic E-state index is -2.77. The number of ether oxygens (including phenoxy) is 2. The van der Waals surface area contributed by atoms with Crippen LogP contribution in [-0.4, -0.2) is 32.6 Å². The van der Waals surface area contributed by atoms with E-state index in [2.05, 4.69) is 9.47 Å². The molecule has 16 heavy (non-hydrogen) atoms. The van der Waals surface area contributed by atoms with Crippen molar-refractivity contribution in [2.24, 2.45) is 11.8 Å². The lowest BCUT2D eigenvalue weighted by atomic mass is 9.91. The fraction of sp³-hybridized carbons (Fsp3) is 0.600. The highest BCUT2D eigenvalue weighted by Gasteiger charge is 2.44. The number of allylic oxidation sites excluding steroid dienone is 1. The lowest BCUT2D eigenvalue weighted by Gasteiger charge is -2.18. The molecule has 0 aromatic rings. The zero-order chi connectivity index (χ0) is 12.3. The summed E-state index contributed by atoms with van der Waals surface area (Å²) in [7, 11) is 2.25. The summed E-state index contributed by atoms with van der Waals surface area (Å²) in [5.41, 5.74) is -0.359. The van der Waals surface area contributed by atoms with Crippen LogP contribution in [0.25, 0.3) is 0 Å². The molecule has 0 saturated carbocycles. The molecule has 1 rings (SSSR count). The van der Waals surface area contributed by atoms with Gasteiger partial charge >= 0.3 is 11.9 Å².